The number of aryl methyl sites for hydroxylation is 1. The molecule has 29 heavy (non-hydrogen) atoms. The second-order valence-corrected chi connectivity index (χ2v) is 7.12. The second kappa shape index (κ2) is 7.39. The fourth-order valence-electron chi connectivity index (χ4n) is 3.46. The Kier molecular flexibility index (Phi) is 4.76. The van der Waals surface area contributed by atoms with Gasteiger partial charge in [0.2, 0.25) is 0 Å². The summed E-state index contributed by atoms with van der Waals surface area (Å²) < 4.78 is 5.53. The molecular formula is C23H20N2O4. The number of carbonyl (C=O) groups is 3. The molecule has 0 unspecified atom stereocenters. The van der Waals surface area contributed by atoms with Gasteiger partial charge in [0.05, 0.1) is 24.2 Å². The summed E-state index contributed by atoms with van der Waals surface area (Å²) in [6.07, 6.45) is 0. The molecule has 0 N–H and O–H groups in total. The molecule has 1 aliphatic heterocycles. The molecule has 1 aromatic heterocycles. The van der Waals surface area contributed by atoms with Gasteiger partial charge in [-0.2, -0.15) is 0 Å². The first kappa shape index (κ1) is 18.7. The molecule has 146 valence electrons. The Morgan fingerprint density at radius 1 is 0.966 bits per heavy atom. The number of amides is 3. The molecule has 0 atom stereocenters. The van der Waals surface area contributed by atoms with Crippen molar-refractivity contribution < 1.29 is 18.8 Å². The predicted octanol–water partition coefficient (Wildman–Crippen LogP) is 3.66. The molecule has 2 aromatic carbocycles. The Bertz CT molecular complexity index is 1080. The normalized spacial score (nSPS) is 13.0. The lowest BCUT2D eigenvalue weighted by Crippen LogP contribution is -2.29. The molecule has 2 heterocycles. The van der Waals surface area contributed by atoms with Crippen LogP contribution in [0.25, 0.3) is 0 Å². The summed E-state index contributed by atoms with van der Waals surface area (Å²) in [7, 11) is 1.71. The van der Waals surface area contributed by atoms with Crippen LogP contribution in [-0.2, 0) is 13.1 Å². The molecule has 0 aliphatic carbocycles. The molecule has 3 amide bonds. The molecule has 0 saturated carbocycles. The van der Waals surface area contributed by atoms with Crippen LogP contribution in [0.5, 0.6) is 0 Å². The summed E-state index contributed by atoms with van der Waals surface area (Å²) in [5, 5.41) is 0. The average molecular weight is 388 g/mol. The highest BCUT2D eigenvalue weighted by Gasteiger charge is 2.35. The summed E-state index contributed by atoms with van der Waals surface area (Å²) in [5.41, 5.74) is 2.04. The van der Waals surface area contributed by atoms with Crippen molar-refractivity contribution in [2.24, 2.45) is 0 Å². The van der Waals surface area contributed by atoms with Crippen LogP contribution in [-0.4, -0.2) is 34.6 Å². The third-order valence-corrected chi connectivity index (χ3v) is 4.93. The maximum absolute atomic E-state index is 12.8. The lowest BCUT2D eigenvalue weighted by molar-refractivity contribution is 0.0642. The third-order valence-electron chi connectivity index (χ3n) is 4.93. The van der Waals surface area contributed by atoms with Crippen molar-refractivity contribution >= 4 is 17.7 Å². The van der Waals surface area contributed by atoms with Gasteiger partial charge in [-0.1, -0.05) is 24.3 Å². The van der Waals surface area contributed by atoms with Gasteiger partial charge in [-0.25, -0.2) is 0 Å². The first-order chi connectivity index (χ1) is 13.9. The molecule has 6 heteroatoms. The van der Waals surface area contributed by atoms with E-state index in [1.54, 1.807) is 60.5 Å². The van der Waals surface area contributed by atoms with Crippen molar-refractivity contribution in [2.45, 2.75) is 20.0 Å². The van der Waals surface area contributed by atoms with E-state index in [1.165, 1.54) is 4.90 Å². The largest absolute Gasteiger partial charge is 0.464 e. The third kappa shape index (κ3) is 3.57. The number of carbonyl (C=O) groups excluding carboxylic acids is 3. The number of imide groups is 1. The molecule has 3 aromatic rings. The summed E-state index contributed by atoms with van der Waals surface area (Å²) in [6.45, 7) is 2.33. The fraction of sp³-hybridized carbons (Fsp3) is 0.174. The number of fused-ring (bicyclic) bond motifs is 1. The number of rotatable bonds is 5. The zero-order chi connectivity index (χ0) is 20.5. The number of benzene rings is 2. The van der Waals surface area contributed by atoms with Crippen LogP contribution in [0.1, 0.15) is 48.2 Å². The minimum absolute atomic E-state index is 0.120. The van der Waals surface area contributed by atoms with Crippen LogP contribution in [0.2, 0.25) is 0 Å². The number of hydrogen-bond acceptors (Lipinski definition) is 4. The first-order valence-electron chi connectivity index (χ1n) is 9.29. The van der Waals surface area contributed by atoms with Crippen LogP contribution in [0, 0.1) is 6.92 Å². The summed E-state index contributed by atoms with van der Waals surface area (Å²) in [6, 6.07) is 17.5. The molecule has 6 nitrogen and oxygen atoms in total. The average Bonchev–Trinajstić information content (AvgIpc) is 3.24. The van der Waals surface area contributed by atoms with E-state index in [-0.39, 0.29) is 24.3 Å². The van der Waals surface area contributed by atoms with E-state index in [4.69, 9.17) is 4.42 Å². The van der Waals surface area contributed by atoms with E-state index < -0.39 is 0 Å². The van der Waals surface area contributed by atoms with E-state index in [1.807, 2.05) is 19.1 Å². The van der Waals surface area contributed by atoms with Gasteiger partial charge in [0.15, 0.2) is 0 Å². The first-order valence-corrected chi connectivity index (χ1v) is 9.29. The zero-order valence-electron chi connectivity index (χ0n) is 16.2. The van der Waals surface area contributed by atoms with Crippen molar-refractivity contribution in [3.8, 4) is 0 Å². The van der Waals surface area contributed by atoms with Crippen LogP contribution in [0.15, 0.2) is 65.1 Å². The van der Waals surface area contributed by atoms with Crippen molar-refractivity contribution in [3.05, 3.63) is 94.4 Å². The summed E-state index contributed by atoms with van der Waals surface area (Å²) in [4.78, 5) is 40.7. The number of furan rings is 1. The van der Waals surface area contributed by atoms with Crippen molar-refractivity contribution in [3.63, 3.8) is 0 Å². The monoisotopic (exact) mass is 388 g/mol. The highest BCUT2D eigenvalue weighted by molar-refractivity contribution is 6.21. The lowest BCUT2D eigenvalue weighted by Gasteiger charge is -2.17. The van der Waals surface area contributed by atoms with E-state index in [9.17, 15) is 14.4 Å². The predicted molar refractivity (Wildman–Crippen MR) is 106 cm³/mol. The van der Waals surface area contributed by atoms with Crippen LogP contribution < -0.4 is 0 Å². The molecule has 0 spiro atoms. The quantitative estimate of drug-likeness (QED) is 0.626. The Labute approximate surface area is 168 Å². The Balaban J connectivity index is 1.50. The van der Waals surface area contributed by atoms with Gasteiger partial charge in [-0.15, -0.1) is 0 Å². The van der Waals surface area contributed by atoms with Crippen molar-refractivity contribution in [2.75, 3.05) is 7.05 Å². The molecule has 4 rings (SSSR count). The summed E-state index contributed by atoms with van der Waals surface area (Å²) in [5.74, 6) is 0.716. The van der Waals surface area contributed by atoms with Crippen molar-refractivity contribution in [1.82, 2.24) is 9.80 Å². The fourth-order valence-corrected chi connectivity index (χ4v) is 3.46. The van der Waals surface area contributed by atoms with Crippen LogP contribution in [0.3, 0.4) is 0 Å². The van der Waals surface area contributed by atoms with Gasteiger partial charge in [0.25, 0.3) is 17.7 Å². The van der Waals surface area contributed by atoms with Gasteiger partial charge in [-0.3, -0.25) is 19.3 Å². The molecule has 0 fully saturated rings. The van der Waals surface area contributed by atoms with E-state index in [0.29, 0.717) is 34.6 Å². The van der Waals surface area contributed by atoms with Gasteiger partial charge in [0, 0.05) is 12.6 Å². The Morgan fingerprint density at radius 3 is 2.28 bits per heavy atom. The van der Waals surface area contributed by atoms with Gasteiger partial charge in [-0.05, 0) is 48.9 Å². The lowest BCUT2D eigenvalue weighted by atomic mass is 10.1. The van der Waals surface area contributed by atoms with Crippen LogP contribution >= 0.6 is 0 Å². The molecular weight excluding hydrogens is 368 g/mol. The van der Waals surface area contributed by atoms with E-state index in [0.717, 1.165) is 5.76 Å². The number of nitrogens with zero attached hydrogens (tertiary/aromatic N) is 2. The summed E-state index contributed by atoms with van der Waals surface area (Å²) >= 11 is 0. The molecule has 0 saturated heterocycles. The van der Waals surface area contributed by atoms with Gasteiger partial charge >= 0.3 is 0 Å². The highest BCUT2D eigenvalue weighted by atomic mass is 16.3. The smallest absolute Gasteiger partial charge is 0.261 e. The van der Waals surface area contributed by atoms with Gasteiger partial charge in [0.1, 0.15) is 11.5 Å². The van der Waals surface area contributed by atoms with Crippen molar-refractivity contribution in [1.29, 1.82) is 0 Å². The van der Waals surface area contributed by atoms with Crippen LogP contribution in [0.4, 0.5) is 0 Å². The minimum Gasteiger partial charge on any atom is -0.464 e. The standard InChI is InChI=1S/C23H20N2O4/c1-15-10-11-18(29-15)14-24(2)21(26)17-7-5-6-16(12-17)13-25-22(27)19-8-3-4-9-20(19)23(25)28/h3-12H,13-14H2,1-2H3. The molecule has 0 radical (unpaired) electrons. The Morgan fingerprint density at radius 2 is 1.66 bits per heavy atom. The highest BCUT2D eigenvalue weighted by Crippen LogP contribution is 2.24. The molecule has 0 bridgehead atoms. The van der Waals surface area contributed by atoms with E-state index >= 15 is 0 Å². The number of hydrogen-bond donors (Lipinski definition) is 0. The SMILES string of the molecule is Cc1ccc(CN(C)C(=O)c2cccc(CN3C(=O)c4ccccc4C3=O)c2)o1. The molecule has 1 aliphatic rings. The maximum Gasteiger partial charge on any atom is 0.261 e. The van der Waals surface area contributed by atoms with Gasteiger partial charge < -0.3 is 9.32 Å². The topological polar surface area (TPSA) is 70.8 Å². The zero-order valence-corrected chi connectivity index (χ0v) is 16.2. The minimum atomic E-state index is -0.312. The Hall–Kier alpha value is -3.67. The maximum atomic E-state index is 12.8. The van der Waals surface area contributed by atoms with E-state index in [2.05, 4.69) is 0 Å². The second-order valence-electron chi connectivity index (χ2n) is 7.12.